The maximum Gasteiger partial charge on any atom is 0.270 e. The number of hydrogen-bond donors (Lipinski definition) is 2. The fourth-order valence-electron chi connectivity index (χ4n) is 4.74. The van der Waals surface area contributed by atoms with Gasteiger partial charge >= 0.3 is 0 Å². The molecule has 0 aliphatic carbocycles. The van der Waals surface area contributed by atoms with Gasteiger partial charge in [-0.2, -0.15) is 0 Å². The number of carbonyl (C=O) groups excluding carboxylic acids is 3. The van der Waals surface area contributed by atoms with E-state index in [0.29, 0.717) is 24.8 Å². The first-order valence-electron chi connectivity index (χ1n) is 13.0. The number of sulfone groups is 1. The van der Waals surface area contributed by atoms with Crippen molar-refractivity contribution in [2.45, 2.75) is 62.0 Å². The van der Waals surface area contributed by atoms with Gasteiger partial charge in [0.05, 0.1) is 11.6 Å². The number of fused-ring (bicyclic) bond motifs is 1. The first-order valence-corrected chi connectivity index (χ1v) is 14.6. The highest BCUT2D eigenvalue weighted by atomic mass is 32.2. The van der Waals surface area contributed by atoms with E-state index in [-0.39, 0.29) is 29.6 Å². The first-order chi connectivity index (χ1) is 18.6. The van der Waals surface area contributed by atoms with Crippen molar-refractivity contribution in [3.63, 3.8) is 0 Å². The Balaban J connectivity index is 1.70. The number of pyridine rings is 2. The first kappa shape index (κ1) is 28.3. The molecule has 206 valence electrons. The molecule has 3 heterocycles. The van der Waals surface area contributed by atoms with Crippen LogP contribution in [0.5, 0.6) is 0 Å². The van der Waals surface area contributed by atoms with Crippen molar-refractivity contribution in [2.24, 2.45) is 11.7 Å². The lowest BCUT2D eigenvalue weighted by Crippen LogP contribution is -2.60. The van der Waals surface area contributed by atoms with Crippen LogP contribution >= 0.6 is 0 Å². The molecule has 1 fully saturated rings. The van der Waals surface area contributed by atoms with Gasteiger partial charge in [0.1, 0.15) is 11.7 Å². The van der Waals surface area contributed by atoms with E-state index in [0.717, 1.165) is 10.3 Å². The van der Waals surface area contributed by atoms with Crippen LogP contribution in [-0.4, -0.2) is 64.9 Å². The van der Waals surface area contributed by atoms with Crippen LogP contribution < -0.4 is 11.1 Å². The quantitative estimate of drug-likeness (QED) is 0.454. The average molecular weight is 552 g/mol. The van der Waals surface area contributed by atoms with Gasteiger partial charge in [-0.15, -0.1) is 0 Å². The Labute approximate surface area is 227 Å². The average Bonchev–Trinajstić information content (AvgIpc) is 2.92. The predicted octanol–water partition coefficient (Wildman–Crippen LogP) is 2.48. The summed E-state index contributed by atoms with van der Waals surface area (Å²) in [6, 6.07) is 12.9. The molecule has 11 heteroatoms. The normalized spacial score (nSPS) is 19.4. The lowest BCUT2D eigenvalue weighted by molar-refractivity contribution is -0.139. The third-order valence-corrected chi connectivity index (χ3v) is 8.60. The lowest BCUT2D eigenvalue weighted by atomic mass is 9.99. The van der Waals surface area contributed by atoms with Gasteiger partial charge in [-0.3, -0.25) is 14.4 Å². The standard InChI is InChI=1S/C28H33N5O5S/c1-18(2)17-23(32-26(35)22-14-13-19-9-3-4-11-21(19)31-22)27(36)33-16-8-6-10-20(29)25(34)28(33)39(37,38)24-12-5-7-15-30-24/h3-5,7,9,11-15,18,20,23,28H,6,8,10,16-17,29H2,1-2H3,(H,32,35)/t20?,23-,28?/m0/s1. The van der Waals surface area contributed by atoms with Crippen LogP contribution in [0.25, 0.3) is 10.9 Å². The molecule has 3 N–H and O–H groups in total. The number of ketones is 1. The monoisotopic (exact) mass is 551 g/mol. The molecule has 4 rings (SSSR count). The van der Waals surface area contributed by atoms with Crippen LogP contribution in [0.1, 0.15) is 50.0 Å². The summed E-state index contributed by atoms with van der Waals surface area (Å²) in [5.74, 6) is -2.02. The number of hydrogen-bond acceptors (Lipinski definition) is 8. The smallest absolute Gasteiger partial charge is 0.270 e. The molecule has 10 nitrogen and oxygen atoms in total. The Hall–Kier alpha value is -3.70. The van der Waals surface area contributed by atoms with Gasteiger partial charge in [0, 0.05) is 18.1 Å². The lowest BCUT2D eigenvalue weighted by Gasteiger charge is -2.36. The van der Waals surface area contributed by atoms with E-state index in [1.165, 1.54) is 18.3 Å². The molecule has 0 saturated carbocycles. The fourth-order valence-corrected chi connectivity index (χ4v) is 6.47. The number of amides is 2. The van der Waals surface area contributed by atoms with E-state index >= 15 is 0 Å². The molecular weight excluding hydrogens is 518 g/mol. The maximum atomic E-state index is 14.0. The molecule has 0 radical (unpaired) electrons. The highest BCUT2D eigenvalue weighted by Crippen LogP contribution is 2.25. The van der Waals surface area contributed by atoms with Crippen LogP contribution in [0.4, 0.5) is 0 Å². The van der Waals surface area contributed by atoms with Crippen molar-refractivity contribution in [3.8, 4) is 0 Å². The van der Waals surface area contributed by atoms with Crippen molar-refractivity contribution in [1.82, 2.24) is 20.2 Å². The Morgan fingerprint density at radius 2 is 1.82 bits per heavy atom. The zero-order valence-electron chi connectivity index (χ0n) is 22.0. The van der Waals surface area contributed by atoms with Crippen LogP contribution in [0.2, 0.25) is 0 Å². The van der Waals surface area contributed by atoms with E-state index < -0.39 is 44.9 Å². The summed E-state index contributed by atoms with van der Waals surface area (Å²) in [6.07, 6.45) is 2.86. The number of nitrogens with zero attached hydrogens (tertiary/aromatic N) is 3. The van der Waals surface area contributed by atoms with E-state index in [1.54, 1.807) is 24.3 Å². The minimum Gasteiger partial charge on any atom is -0.339 e. The van der Waals surface area contributed by atoms with Gasteiger partial charge in [-0.25, -0.2) is 18.4 Å². The molecule has 2 aromatic heterocycles. The van der Waals surface area contributed by atoms with Gasteiger partial charge in [-0.1, -0.05) is 44.2 Å². The molecular formula is C28H33N5O5S. The number of nitrogens with two attached hydrogens (primary N) is 1. The summed E-state index contributed by atoms with van der Waals surface area (Å²) >= 11 is 0. The Morgan fingerprint density at radius 1 is 1.08 bits per heavy atom. The van der Waals surface area contributed by atoms with Gasteiger partial charge in [0.25, 0.3) is 5.91 Å². The largest absolute Gasteiger partial charge is 0.339 e. The molecule has 1 saturated heterocycles. The van der Waals surface area contributed by atoms with Gasteiger partial charge in [0.15, 0.2) is 10.8 Å². The number of benzene rings is 1. The van der Waals surface area contributed by atoms with Crippen LogP contribution in [0, 0.1) is 5.92 Å². The minimum absolute atomic E-state index is 0.0205. The summed E-state index contributed by atoms with van der Waals surface area (Å²) in [5.41, 5.74) is 6.83. The number of carbonyl (C=O) groups is 3. The third kappa shape index (κ3) is 6.31. The van der Waals surface area contributed by atoms with Gasteiger partial charge < -0.3 is 16.0 Å². The van der Waals surface area contributed by atoms with Crippen molar-refractivity contribution in [2.75, 3.05) is 6.54 Å². The summed E-state index contributed by atoms with van der Waals surface area (Å²) in [5, 5.41) is 1.45. The Morgan fingerprint density at radius 3 is 2.54 bits per heavy atom. The minimum atomic E-state index is -4.41. The fraction of sp³-hybridized carbons (Fsp3) is 0.393. The second-order valence-electron chi connectivity index (χ2n) is 10.1. The second kappa shape index (κ2) is 12.0. The van der Waals surface area contributed by atoms with E-state index in [1.807, 2.05) is 32.0 Å². The molecule has 1 aliphatic rings. The molecule has 2 amide bonds. The molecule has 3 atom stereocenters. The number of Topliss-reactive ketones (excluding diaryl/α,β-unsaturated/α-hetero) is 1. The number of rotatable bonds is 7. The van der Waals surface area contributed by atoms with Crippen LogP contribution in [0.3, 0.4) is 0 Å². The molecule has 39 heavy (non-hydrogen) atoms. The third-order valence-electron chi connectivity index (χ3n) is 6.70. The van der Waals surface area contributed by atoms with Crippen LogP contribution in [0.15, 0.2) is 65.8 Å². The van der Waals surface area contributed by atoms with Crippen molar-refractivity contribution >= 4 is 38.3 Å². The number of likely N-dealkylation sites (tertiary alicyclic amines) is 1. The highest BCUT2D eigenvalue weighted by Gasteiger charge is 2.46. The molecule has 0 bridgehead atoms. The van der Waals surface area contributed by atoms with Gasteiger partial charge in [-0.05, 0) is 55.9 Å². The van der Waals surface area contributed by atoms with E-state index in [9.17, 15) is 22.8 Å². The van der Waals surface area contributed by atoms with Crippen molar-refractivity contribution in [3.05, 3.63) is 66.5 Å². The van der Waals surface area contributed by atoms with Crippen LogP contribution in [-0.2, 0) is 19.4 Å². The Bertz CT molecular complexity index is 1460. The van der Waals surface area contributed by atoms with Crippen molar-refractivity contribution in [1.29, 1.82) is 0 Å². The maximum absolute atomic E-state index is 14.0. The number of para-hydroxylation sites is 1. The summed E-state index contributed by atoms with van der Waals surface area (Å²) < 4.78 is 27.4. The topological polar surface area (TPSA) is 152 Å². The van der Waals surface area contributed by atoms with E-state index in [2.05, 4.69) is 15.3 Å². The summed E-state index contributed by atoms with van der Waals surface area (Å²) in [7, 11) is -4.41. The summed E-state index contributed by atoms with van der Waals surface area (Å²) in [4.78, 5) is 50.1. The molecule has 1 aliphatic heterocycles. The predicted molar refractivity (Wildman–Crippen MR) is 146 cm³/mol. The SMILES string of the molecule is CC(C)C[C@H](NC(=O)c1ccc2ccccc2n1)C(=O)N1CCCCC(N)C(=O)C1S(=O)(=O)c1ccccn1. The van der Waals surface area contributed by atoms with Crippen molar-refractivity contribution < 1.29 is 22.8 Å². The molecule has 1 aromatic carbocycles. The van der Waals surface area contributed by atoms with Gasteiger partial charge in [0.2, 0.25) is 21.1 Å². The zero-order valence-corrected chi connectivity index (χ0v) is 22.8. The molecule has 2 unspecified atom stereocenters. The molecule has 0 spiro atoms. The van der Waals surface area contributed by atoms with E-state index in [4.69, 9.17) is 5.73 Å². The second-order valence-corrected chi connectivity index (χ2v) is 12.1. The Kier molecular flexibility index (Phi) is 8.71. The number of aromatic nitrogens is 2. The molecule has 3 aromatic rings. The summed E-state index contributed by atoms with van der Waals surface area (Å²) in [6.45, 7) is 3.79. The number of nitrogens with one attached hydrogen (secondary N) is 1. The highest BCUT2D eigenvalue weighted by molar-refractivity contribution is 7.92. The zero-order chi connectivity index (χ0) is 28.2.